The minimum absolute atomic E-state index is 0.0161. The molecule has 1 amide bonds. The molecule has 1 N–H and O–H groups in total. The Labute approximate surface area is 286 Å². The third-order valence-corrected chi connectivity index (χ3v) is 10.8. The summed E-state index contributed by atoms with van der Waals surface area (Å²) in [5.74, 6) is 1.89. The summed E-state index contributed by atoms with van der Waals surface area (Å²) in [6.45, 7) is 1.95. The Morgan fingerprint density at radius 3 is 2.62 bits per heavy atom. The van der Waals surface area contributed by atoms with Crippen LogP contribution in [0.15, 0.2) is 36.4 Å². The van der Waals surface area contributed by atoms with Crippen LogP contribution < -0.4 is 14.4 Å². The number of alkyl halides is 1. The van der Waals surface area contributed by atoms with E-state index in [1.54, 1.807) is 30.3 Å². The van der Waals surface area contributed by atoms with Crippen LogP contribution in [0.1, 0.15) is 37.7 Å². The largest absolute Gasteiger partial charge is 0.468 e. The Morgan fingerprint density at radius 2 is 1.88 bits per heavy atom. The summed E-state index contributed by atoms with van der Waals surface area (Å²) in [4.78, 5) is 27.0. The number of rotatable bonds is 8. The van der Waals surface area contributed by atoms with Crippen LogP contribution in [0.4, 0.5) is 23.8 Å². The lowest BCUT2D eigenvalue weighted by Gasteiger charge is -2.40. The Balaban J connectivity index is 1.27. The van der Waals surface area contributed by atoms with Gasteiger partial charge >= 0.3 is 12.1 Å². The summed E-state index contributed by atoms with van der Waals surface area (Å²) in [6, 6.07) is 8.86. The van der Waals surface area contributed by atoms with E-state index in [4.69, 9.17) is 25.6 Å². The molecule has 0 aliphatic carbocycles. The minimum Gasteiger partial charge on any atom is -0.468 e. The van der Waals surface area contributed by atoms with Crippen molar-refractivity contribution in [1.29, 1.82) is 0 Å². The predicted octanol–water partition coefficient (Wildman–Crippen LogP) is 5.98. The number of fused-ring (bicyclic) bond motifs is 5. The van der Waals surface area contributed by atoms with Crippen molar-refractivity contribution in [2.45, 2.75) is 55.9 Å². The molecule has 4 saturated heterocycles. The first-order chi connectivity index (χ1) is 24.2. The molecule has 0 saturated carbocycles. The molecule has 4 atom stereocenters. The molecule has 5 heterocycles. The summed E-state index contributed by atoms with van der Waals surface area (Å²) in [5.41, 5.74) is -0.118. The van der Waals surface area contributed by atoms with Gasteiger partial charge in [-0.05, 0) is 67.4 Å². The second-order valence-electron chi connectivity index (χ2n) is 13.7. The first-order valence-electron chi connectivity index (χ1n) is 16.8. The highest BCUT2D eigenvalue weighted by molar-refractivity contribution is 6.04. The molecule has 0 unspecified atom stereocenters. The molecule has 4 aromatic rings. The fourth-order valence-electron chi connectivity index (χ4n) is 8.65. The lowest BCUT2D eigenvalue weighted by atomic mass is 9.93. The number of carbonyl (C=O) groups is 1. The minimum atomic E-state index is -0.959. The van der Waals surface area contributed by atoms with Crippen LogP contribution in [0, 0.1) is 24.0 Å². The highest BCUT2D eigenvalue weighted by Crippen LogP contribution is 2.43. The Kier molecular flexibility index (Phi) is 8.11. The number of hydrogen-bond donors (Lipinski definition) is 1. The van der Waals surface area contributed by atoms with Crippen molar-refractivity contribution in [2.75, 3.05) is 51.6 Å². The summed E-state index contributed by atoms with van der Waals surface area (Å²) in [7, 11) is 1.48. The zero-order chi connectivity index (χ0) is 34.7. The number of halogens is 3. The normalized spacial score (nSPS) is 24.6. The molecule has 8 rings (SSSR count). The highest BCUT2D eigenvalue weighted by atomic mass is 19.1. The van der Waals surface area contributed by atoms with Gasteiger partial charge < -0.3 is 24.2 Å². The third kappa shape index (κ3) is 5.32. The number of piperazine rings is 1. The molecule has 260 valence electrons. The third-order valence-electron chi connectivity index (χ3n) is 10.8. The average Bonchev–Trinajstić information content (AvgIpc) is 3.73. The molecule has 4 fully saturated rings. The van der Waals surface area contributed by atoms with E-state index in [0.717, 1.165) is 19.4 Å². The quantitative estimate of drug-likeness (QED) is 0.177. The topological polar surface area (TPSA) is 100 Å². The molecule has 0 spiro atoms. The van der Waals surface area contributed by atoms with Crippen molar-refractivity contribution in [3.63, 3.8) is 0 Å². The number of methoxy groups -OCH3 is 1. The van der Waals surface area contributed by atoms with E-state index in [1.165, 1.54) is 18.1 Å². The number of ether oxygens (including phenoxy) is 3. The molecule has 10 nitrogen and oxygen atoms in total. The van der Waals surface area contributed by atoms with Crippen molar-refractivity contribution in [2.24, 2.45) is 0 Å². The Bertz CT molecular complexity index is 2040. The van der Waals surface area contributed by atoms with Gasteiger partial charge in [-0.25, -0.2) is 18.0 Å². The number of aromatic nitrogens is 2. The number of hydrogen-bond acceptors (Lipinski definition) is 8. The van der Waals surface area contributed by atoms with Gasteiger partial charge in [-0.15, -0.1) is 6.42 Å². The van der Waals surface area contributed by atoms with E-state index in [9.17, 15) is 14.3 Å². The maximum absolute atomic E-state index is 17.2. The van der Waals surface area contributed by atoms with E-state index in [0.29, 0.717) is 72.2 Å². The predicted molar refractivity (Wildman–Crippen MR) is 180 cm³/mol. The van der Waals surface area contributed by atoms with Gasteiger partial charge in [-0.1, -0.05) is 18.1 Å². The van der Waals surface area contributed by atoms with E-state index < -0.39 is 29.4 Å². The van der Waals surface area contributed by atoms with Gasteiger partial charge in [0.25, 0.3) is 0 Å². The van der Waals surface area contributed by atoms with E-state index in [2.05, 4.69) is 15.8 Å². The van der Waals surface area contributed by atoms with Crippen LogP contribution >= 0.6 is 0 Å². The first-order valence-corrected chi connectivity index (χ1v) is 16.8. The number of amides is 1. The molecule has 2 bridgehead atoms. The van der Waals surface area contributed by atoms with Crippen LogP contribution in [0.3, 0.4) is 0 Å². The maximum Gasteiger partial charge on any atom is 0.407 e. The number of benzene rings is 3. The van der Waals surface area contributed by atoms with E-state index >= 15 is 8.78 Å². The van der Waals surface area contributed by atoms with Crippen LogP contribution in [0.5, 0.6) is 11.8 Å². The molecular formula is C37H36F3N5O5. The van der Waals surface area contributed by atoms with Crippen molar-refractivity contribution in [3.8, 4) is 35.2 Å². The highest BCUT2D eigenvalue weighted by Gasteiger charge is 2.49. The number of nitrogens with zero attached hydrogens (tertiary/aromatic N) is 5. The number of terminal acetylenes is 1. The van der Waals surface area contributed by atoms with Crippen LogP contribution in [0.2, 0.25) is 0 Å². The zero-order valence-corrected chi connectivity index (χ0v) is 27.5. The van der Waals surface area contributed by atoms with E-state index in [-0.39, 0.29) is 48.1 Å². The molecule has 0 radical (unpaired) electrons. The molecule has 1 aromatic heterocycles. The molecular weight excluding hydrogens is 651 g/mol. The summed E-state index contributed by atoms with van der Waals surface area (Å²) in [6.07, 6.45) is 7.33. The lowest BCUT2D eigenvalue weighted by Crippen LogP contribution is -2.55. The van der Waals surface area contributed by atoms with E-state index in [1.807, 2.05) is 4.90 Å². The van der Waals surface area contributed by atoms with Gasteiger partial charge in [0.1, 0.15) is 35.7 Å². The lowest BCUT2D eigenvalue weighted by molar-refractivity contribution is 0.0512. The standard InChI is InChI=1S/C37H36F3N5O5/c1-3-26-30(39)10-5-21-13-25(50-20-48-2)14-29(31(21)26)27-8-9-28-33(32(27)40)41-35(49-19-37-11-4-12-44(37)16-22(38)15-37)42-34(28)43-17-23-6-7-24(18-43)45(23)36(46)47/h1,5,8-10,13-14,22-24H,4,6-7,11-12,15-20H2,2H3,(H,46,47)/t22-,23-,24+,37+/m1/s1. The van der Waals surface area contributed by atoms with Crippen LogP contribution in [-0.2, 0) is 4.74 Å². The second kappa shape index (κ2) is 12.5. The molecule has 4 aliphatic rings. The van der Waals surface area contributed by atoms with Crippen molar-refractivity contribution < 1.29 is 37.3 Å². The second-order valence-corrected chi connectivity index (χ2v) is 13.7. The molecule has 3 aromatic carbocycles. The number of carboxylic acid groups (broad SMARTS) is 1. The fourth-order valence-corrected chi connectivity index (χ4v) is 8.65. The molecule has 4 aliphatic heterocycles. The number of anilines is 1. The average molecular weight is 688 g/mol. The summed E-state index contributed by atoms with van der Waals surface area (Å²) < 4.78 is 63.8. The molecule has 50 heavy (non-hydrogen) atoms. The summed E-state index contributed by atoms with van der Waals surface area (Å²) >= 11 is 0. The van der Waals surface area contributed by atoms with Crippen molar-refractivity contribution >= 4 is 33.6 Å². The first kappa shape index (κ1) is 32.4. The van der Waals surface area contributed by atoms with Gasteiger partial charge in [-0.2, -0.15) is 9.97 Å². The van der Waals surface area contributed by atoms with Crippen LogP contribution in [0.25, 0.3) is 32.8 Å². The van der Waals surface area contributed by atoms with Gasteiger partial charge in [0.15, 0.2) is 12.6 Å². The Morgan fingerprint density at radius 1 is 1.08 bits per heavy atom. The van der Waals surface area contributed by atoms with Gasteiger partial charge in [0, 0.05) is 49.5 Å². The zero-order valence-electron chi connectivity index (χ0n) is 27.5. The van der Waals surface area contributed by atoms with Crippen molar-refractivity contribution in [1.82, 2.24) is 19.8 Å². The fraction of sp³-hybridized carbons (Fsp3) is 0.432. The summed E-state index contributed by atoms with van der Waals surface area (Å²) in [5, 5.41) is 11.2. The van der Waals surface area contributed by atoms with Crippen molar-refractivity contribution in [3.05, 3.63) is 53.6 Å². The SMILES string of the molecule is C#Cc1c(F)ccc2cc(OCOC)cc(-c3ccc4c(N5C[C@H]6CC[C@@H](C5)N6C(=O)O)nc(OC[C@@]56CCCN5C[C@H](F)C6)nc4c3F)c12. The maximum atomic E-state index is 17.2. The molecule has 13 heteroatoms. The smallest absolute Gasteiger partial charge is 0.407 e. The van der Waals surface area contributed by atoms with Gasteiger partial charge in [0.2, 0.25) is 0 Å². The van der Waals surface area contributed by atoms with Gasteiger partial charge in [-0.3, -0.25) is 9.80 Å². The van der Waals surface area contributed by atoms with Crippen LogP contribution in [-0.4, -0.2) is 101 Å². The van der Waals surface area contributed by atoms with Gasteiger partial charge in [0.05, 0.1) is 23.2 Å². The monoisotopic (exact) mass is 687 g/mol. The Hall–Kier alpha value is -4.80.